The van der Waals surface area contributed by atoms with Gasteiger partial charge in [0.1, 0.15) is 5.60 Å². The van der Waals surface area contributed by atoms with E-state index in [0.29, 0.717) is 0 Å². The molecule has 3 rings (SSSR count). The Morgan fingerprint density at radius 1 is 1.08 bits per heavy atom. The van der Waals surface area contributed by atoms with Gasteiger partial charge in [0.2, 0.25) is 0 Å². The summed E-state index contributed by atoms with van der Waals surface area (Å²) in [5, 5.41) is 2.13. The molecule has 0 atom stereocenters. The minimum Gasteiger partial charge on any atom is -0.443 e. The second-order valence-corrected chi connectivity index (χ2v) is 7.69. The standard InChI is InChI=1S/C19H27N3O2/c1-19(2,3)24-18(23)22-13-16-6-5-15(11-17(16)14-22)12-21-9-7-20(4)8-10-21/h5-6,11,13-14H,7-10,12H2,1-4H3. The average molecular weight is 329 g/mol. The third-order valence-corrected chi connectivity index (χ3v) is 4.31. The summed E-state index contributed by atoms with van der Waals surface area (Å²) in [5.41, 5.74) is 0.800. The van der Waals surface area contributed by atoms with Gasteiger partial charge in [-0.25, -0.2) is 4.79 Å². The highest BCUT2D eigenvalue weighted by Gasteiger charge is 2.18. The van der Waals surface area contributed by atoms with E-state index in [9.17, 15) is 4.79 Å². The van der Waals surface area contributed by atoms with E-state index in [2.05, 4.69) is 35.0 Å². The van der Waals surface area contributed by atoms with E-state index in [1.54, 1.807) is 0 Å². The molecule has 0 radical (unpaired) electrons. The van der Waals surface area contributed by atoms with Gasteiger partial charge in [-0.1, -0.05) is 12.1 Å². The van der Waals surface area contributed by atoms with Crippen LogP contribution in [0.5, 0.6) is 0 Å². The van der Waals surface area contributed by atoms with Crippen molar-refractivity contribution in [2.24, 2.45) is 0 Å². The number of fused-ring (bicyclic) bond motifs is 1. The van der Waals surface area contributed by atoms with Crippen molar-refractivity contribution in [3.63, 3.8) is 0 Å². The first-order valence-corrected chi connectivity index (χ1v) is 8.55. The number of likely N-dealkylation sites (N-methyl/N-ethyl adjacent to an activating group) is 1. The highest BCUT2D eigenvalue weighted by atomic mass is 16.6. The first kappa shape index (κ1) is 17.0. The Morgan fingerprint density at radius 3 is 2.42 bits per heavy atom. The van der Waals surface area contributed by atoms with Crippen LogP contribution in [0.2, 0.25) is 0 Å². The number of hydrogen-bond donors (Lipinski definition) is 0. The van der Waals surface area contributed by atoms with Gasteiger partial charge in [0.05, 0.1) is 0 Å². The fourth-order valence-corrected chi connectivity index (χ4v) is 2.97. The van der Waals surface area contributed by atoms with Gasteiger partial charge in [0.25, 0.3) is 0 Å². The molecular formula is C19H27N3O2. The molecular weight excluding hydrogens is 302 g/mol. The molecule has 0 aliphatic carbocycles. The van der Waals surface area contributed by atoms with Crippen LogP contribution in [-0.2, 0) is 11.3 Å². The predicted octanol–water partition coefficient (Wildman–Crippen LogP) is 3.17. The number of aromatic nitrogens is 1. The smallest absolute Gasteiger partial charge is 0.418 e. The fraction of sp³-hybridized carbons (Fsp3) is 0.526. The maximum atomic E-state index is 12.2. The molecule has 24 heavy (non-hydrogen) atoms. The zero-order chi connectivity index (χ0) is 17.3. The molecule has 0 amide bonds. The maximum absolute atomic E-state index is 12.2. The molecule has 1 aliphatic rings. The number of ether oxygens (including phenoxy) is 1. The van der Waals surface area contributed by atoms with Gasteiger partial charge in [0, 0.05) is 50.5 Å². The van der Waals surface area contributed by atoms with Crippen LogP contribution in [0.25, 0.3) is 10.8 Å². The van der Waals surface area contributed by atoms with Crippen molar-refractivity contribution in [2.75, 3.05) is 33.2 Å². The van der Waals surface area contributed by atoms with Crippen LogP contribution in [-0.4, -0.2) is 59.3 Å². The summed E-state index contributed by atoms with van der Waals surface area (Å²) < 4.78 is 6.96. The number of rotatable bonds is 2. The van der Waals surface area contributed by atoms with Crippen molar-refractivity contribution in [2.45, 2.75) is 32.9 Å². The van der Waals surface area contributed by atoms with Crippen molar-refractivity contribution >= 4 is 16.9 Å². The summed E-state index contributed by atoms with van der Waals surface area (Å²) in [6, 6.07) is 6.41. The SMILES string of the molecule is CN1CCN(Cc2ccc3cn(C(=O)OC(C)(C)C)cc3c2)CC1. The van der Waals surface area contributed by atoms with Crippen molar-refractivity contribution < 1.29 is 9.53 Å². The molecule has 5 heteroatoms. The summed E-state index contributed by atoms with van der Waals surface area (Å²) in [6.07, 6.45) is 3.36. The predicted molar refractivity (Wildman–Crippen MR) is 96.3 cm³/mol. The lowest BCUT2D eigenvalue weighted by Gasteiger charge is -2.32. The summed E-state index contributed by atoms with van der Waals surface area (Å²) in [4.78, 5) is 17.0. The van der Waals surface area contributed by atoms with Gasteiger partial charge >= 0.3 is 6.09 Å². The summed E-state index contributed by atoms with van der Waals surface area (Å²) >= 11 is 0. The Labute approximate surface area is 143 Å². The number of carbonyl (C=O) groups excluding carboxylic acids is 1. The molecule has 0 spiro atoms. The average Bonchev–Trinajstić information content (AvgIpc) is 2.91. The van der Waals surface area contributed by atoms with Crippen LogP contribution in [0.4, 0.5) is 4.79 Å². The highest BCUT2D eigenvalue weighted by Crippen LogP contribution is 2.20. The Morgan fingerprint density at radius 2 is 1.75 bits per heavy atom. The lowest BCUT2D eigenvalue weighted by molar-refractivity contribution is 0.0538. The zero-order valence-electron chi connectivity index (χ0n) is 15.1. The monoisotopic (exact) mass is 329 g/mol. The Bertz CT molecular complexity index is 722. The van der Waals surface area contributed by atoms with E-state index >= 15 is 0 Å². The van der Waals surface area contributed by atoms with Gasteiger partial charge in [-0.15, -0.1) is 0 Å². The first-order valence-electron chi connectivity index (χ1n) is 8.55. The summed E-state index contributed by atoms with van der Waals surface area (Å²) in [7, 11) is 2.17. The van der Waals surface area contributed by atoms with Crippen molar-refractivity contribution in [3.05, 3.63) is 36.2 Å². The lowest BCUT2D eigenvalue weighted by atomic mass is 10.1. The molecule has 0 saturated carbocycles. The fourth-order valence-electron chi connectivity index (χ4n) is 2.97. The number of piperazine rings is 1. The van der Waals surface area contributed by atoms with Crippen molar-refractivity contribution in [1.29, 1.82) is 0 Å². The quantitative estimate of drug-likeness (QED) is 0.848. The molecule has 1 saturated heterocycles. The molecule has 1 fully saturated rings. The molecule has 2 aromatic rings. The minimum atomic E-state index is -0.486. The largest absolute Gasteiger partial charge is 0.443 e. The maximum Gasteiger partial charge on any atom is 0.418 e. The van der Waals surface area contributed by atoms with Crippen LogP contribution >= 0.6 is 0 Å². The zero-order valence-corrected chi connectivity index (χ0v) is 15.1. The Balaban J connectivity index is 1.73. The first-order chi connectivity index (χ1) is 11.3. The molecule has 1 aliphatic heterocycles. The van der Waals surface area contributed by atoms with E-state index < -0.39 is 5.60 Å². The molecule has 5 nitrogen and oxygen atoms in total. The van der Waals surface area contributed by atoms with E-state index in [0.717, 1.165) is 43.5 Å². The van der Waals surface area contributed by atoms with Crippen LogP contribution in [0.1, 0.15) is 26.3 Å². The van der Waals surface area contributed by atoms with Crippen LogP contribution < -0.4 is 0 Å². The molecule has 1 aromatic carbocycles. The second-order valence-electron chi connectivity index (χ2n) is 7.69. The van der Waals surface area contributed by atoms with Gasteiger partial charge in [-0.3, -0.25) is 9.47 Å². The highest BCUT2D eigenvalue weighted by molar-refractivity contribution is 5.87. The van der Waals surface area contributed by atoms with Crippen LogP contribution in [0.3, 0.4) is 0 Å². The molecule has 0 N–H and O–H groups in total. The summed E-state index contributed by atoms with van der Waals surface area (Å²) in [5.74, 6) is 0. The van der Waals surface area contributed by atoms with Crippen molar-refractivity contribution in [3.8, 4) is 0 Å². The third-order valence-electron chi connectivity index (χ3n) is 4.31. The molecule has 130 valence electrons. The Kier molecular flexibility index (Phi) is 4.65. The van der Waals surface area contributed by atoms with E-state index in [4.69, 9.17) is 4.74 Å². The second kappa shape index (κ2) is 6.57. The normalized spacial score (nSPS) is 17.3. The van der Waals surface area contributed by atoms with Gasteiger partial charge < -0.3 is 9.64 Å². The van der Waals surface area contributed by atoms with Gasteiger partial charge in [-0.05, 0) is 44.8 Å². The molecule has 0 bridgehead atoms. The minimum absolute atomic E-state index is 0.334. The van der Waals surface area contributed by atoms with Crippen LogP contribution in [0, 0.1) is 0 Å². The number of nitrogens with zero attached hydrogens (tertiary/aromatic N) is 3. The molecule has 0 unspecified atom stereocenters. The van der Waals surface area contributed by atoms with Crippen LogP contribution in [0.15, 0.2) is 30.6 Å². The van der Waals surface area contributed by atoms with E-state index in [1.807, 2.05) is 33.2 Å². The molecule has 1 aromatic heterocycles. The van der Waals surface area contributed by atoms with Gasteiger partial charge in [-0.2, -0.15) is 0 Å². The number of carbonyl (C=O) groups is 1. The van der Waals surface area contributed by atoms with E-state index in [1.165, 1.54) is 10.1 Å². The number of hydrogen-bond acceptors (Lipinski definition) is 4. The summed E-state index contributed by atoms with van der Waals surface area (Å²) in [6.45, 7) is 11.0. The molecule has 2 heterocycles. The van der Waals surface area contributed by atoms with Crippen molar-refractivity contribution in [1.82, 2.24) is 14.4 Å². The third kappa shape index (κ3) is 4.16. The lowest BCUT2D eigenvalue weighted by Crippen LogP contribution is -2.43. The Hall–Kier alpha value is -1.85. The topological polar surface area (TPSA) is 37.7 Å². The van der Waals surface area contributed by atoms with Gasteiger partial charge in [0.15, 0.2) is 0 Å². The van der Waals surface area contributed by atoms with E-state index in [-0.39, 0.29) is 6.09 Å². The number of benzene rings is 1.